The molecule has 0 saturated heterocycles. The molecule has 0 aliphatic carbocycles. The second-order valence-electron chi connectivity index (χ2n) is 4.96. The highest BCUT2D eigenvalue weighted by atomic mass is 16.5. The number of imidazole rings is 1. The number of unbranched alkanes of at least 4 members (excludes halogenated alkanes) is 1. The van der Waals surface area contributed by atoms with Crippen LogP contribution in [0.3, 0.4) is 0 Å². The van der Waals surface area contributed by atoms with Crippen molar-refractivity contribution in [1.82, 2.24) is 9.55 Å². The van der Waals surface area contributed by atoms with Crippen LogP contribution in [0.15, 0.2) is 48.0 Å². The van der Waals surface area contributed by atoms with E-state index in [9.17, 15) is 0 Å². The molecule has 1 aromatic heterocycles. The van der Waals surface area contributed by atoms with Crippen LogP contribution >= 0.6 is 0 Å². The second-order valence-corrected chi connectivity index (χ2v) is 4.96. The van der Waals surface area contributed by atoms with Crippen molar-refractivity contribution in [2.24, 2.45) is 4.99 Å². The minimum Gasteiger partial charge on any atom is -0.494 e. The standard InChI is InChI=1S/C17H23N3O/c1-2-3-13-21-17-7-5-16(6-8-17)14-18-9-4-11-20-12-10-19-15-20/h5-8,10,12,14-15H,2-4,9,11,13H2,1H3. The Morgan fingerprint density at radius 2 is 2.10 bits per heavy atom. The molecular formula is C17H23N3O. The van der Waals surface area contributed by atoms with Gasteiger partial charge in [-0.1, -0.05) is 13.3 Å². The van der Waals surface area contributed by atoms with E-state index >= 15 is 0 Å². The van der Waals surface area contributed by atoms with Gasteiger partial charge < -0.3 is 9.30 Å². The molecular weight excluding hydrogens is 262 g/mol. The number of ether oxygens (including phenoxy) is 1. The van der Waals surface area contributed by atoms with Gasteiger partial charge in [-0.25, -0.2) is 4.98 Å². The first-order chi connectivity index (χ1) is 10.4. The van der Waals surface area contributed by atoms with Crippen molar-refractivity contribution in [1.29, 1.82) is 0 Å². The van der Waals surface area contributed by atoms with Crippen molar-refractivity contribution in [3.8, 4) is 5.75 Å². The molecule has 0 spiro atoms. The van der Waals surface area contributed by atoms with Crippen LogP contribution in [0.25, 0.3) is 0 Å². The molecule has 1 aromatic carbocycles. The first-order valence-electron chi connectivity index (χ1n) is 7.57. The summed E-state index contributed by atoms with van der Waals surface area (Å²) in [7, 11) is 0. The Morgan fingerprint density at radius 1 is 1.24 bits per heavy atom. The van der Waals surface area contributed by atoms with Crippen LogP contribution in [-0.4, -0.2) is 28.9 Å². The number of benzene rings is 1. The lowest BCUT2D eigenvalue weighted by atomic mass is 10.2. The zero-order valence-corrected chi connectivity index (χ0v) is 12.6. The maximum absolute atomic E-state index is 5.63. The molecule has 1 heterocycles. The van der Waals surface area contributed by atoms with Crippen LogP contribution in [0.2, 0.25) is 0 Å². The van der Waals surface area contributed by atoms with Crippen molar-refractivity contribution < 1.29 is 4.74 Å². The van der Waals surface area contributed by atoms with E-state index in [0.717, 1.165) is 50.3 Å². The highest BCUT2D eigenvalue weighted by Gasteiger charge is 1.94. The van der Waals surface area contributed by atoms with Crippen molar-refractivity contribution >= 4 is 6.21 Å². The number of aliphatic imine (C=N–C) groups is 1. The molecule has 0 N–H and O–H groups in total. The van der Waals surface area contributed by atoms with E-state index in [0.29, 0.717) is 0 Å². The fraction of sp³-hybridized carbons (Fsp3) is 0.412. The molecule has 0 bridgehead atoms. The Bertz CT molecular complexity index is 517. The topological polar surface area (TPSA) is 39.4 Å². The molecule has 21 heavy (non-hydrogen) atoms. The molecule has 0 amide bonds. The number of nitrogens with zero attached hydrogens (tertiary/aromatic N) is 3. The van der Waals surface area contributed by atoms with E-state index in [2.05, 4.69) is 21.5 Å². The van der Waals surface area contributed by atoms with Crippen molar-refractivity contribution in [2.75, 3.05) is 13.2 Å². The summed E-state index contributed by atoms with van der Waals surface area (Å²) in [5.74, 6) is 0.931. The summed E-state index contributed by atoms with van der Waals surface area (Å²) in [5, 5.41) is 0. The van der Waals surface area contributed by atoms with Crippen LogP contribution in [0.1, 0.15) is 31.7 Å². The van der Waals surface area contributed by atoms with Crippen molar-refractivity contribution in [2.45, 2.75) is 32.7 Å². The summed E-state index contributed by atoms with van der Waals surface area (Å²) in [6, 6.07) is 8.09. The lowest BCUT2D eigenvalue weighted by Crippen LogP contribution is -1.97. The van der Waals surface area contributed by atoms with Gasteiger partial charge in [-0.05, 0) is 42.7 Å². The van der Waals surface area contributed by atoms with E-state index in [1.807, 2.05) is 43.0 Å². The predicted octanol–water partition coefficient (Wildman–Crippen LogP) is 3.57. The lowest BCUT2D eigenvalue weighted by Gasteiger charge is -2.04. The Hall–Kier alpha value is -2.10. The fourth-order valence-corrected chi connectivity index (χ4v) is 1.92. The molecule has 2 rings (SSSR count). The molecule has 0 aliphatic heterocycles. The number of aromatic nitrogens is 2. The van der Waals surface area contributed by atoms with Gasteiger partial charge in [0.2, 0.25) is 0 Å². The minimum absolute atomic E-state index is 0.790. The SMILES string of the molecule is CCCCOc1ccc(C=NCCCn2ccnc2)cc1. The quantitative estimate of drug-likeness (QED) is 0.522. The normalized spacial score (nSPS) is 11.1. The zero-order valence-electron chi connectivity index (χ0n) is 12.6. The van der Waals surface area contributed by atoms with Gasteiger partial charge >= 0.3 is 0 Å². The summed E-state index contributed by atoms with van der Waals surface area (Å²) in [4.78, 5) is 8.46. The van der Waals surface area contributed by atoms with E-state index in [1.54, 1.807) is 6.20 Å². The van der Waals surface area contributed by atoms with Crippen LogP contribution < -0.4 is 4.74 Å². The molecule has 4 nitrogen and oxygen atoms in total. The molecule has 0 aliphatic rings. The average Bonchev–Trinajstić information content (AvgIpc) is 3.02. The monoisotopic (exact) mass is 285 g/mol. The summed E-state index contributed by atoms with van der Waals surface area (Å²) in [6.45, 7) is 4.74. The maximum atomic E-state index is 5.63. The molecule has 112 valence electrons. The largest absolute Gasteiger partial charge is 0.494 e. The third kappa shape index (κ3) is 5.81. The average molecular weight is 285 g/mol. The van der Waals surface area contributed by atoms with E-state index in [4.69, 9.17) is 4.74 Å². The number of hydrogen-bond acceptors (Lipinski definition) is 3. The fourth-order valence-electron chi connectivity index (χ4n) is 1.92. The Kier molecular flexibility index (Phi) is 6.52. The van der Waals surface area contributed by atoms with Gasteiger partial charge in [0.15, 0.2) is 0 Å². The van der Waals surface area contributed by atoms with Crippen LogP contribution in [0, 0.1) is 0 Å². The van der Waals surface area contributed by atoms with E-state index < -0.39 is 0 Å². The van der Waals surface area contributed by atoms with Crippen LogP contribution in [0.4, 0.5) is 0 Å². The number of rotatable bonds is 9. The molecule has 0 fully saturated rings. The second kappa shape index (κ2) is 8.95. The summed E-state index contributed by atoms with van der Waals surface area (Å²) >= 11 is 0. The third-order valence-electron chi connectivity index (χ3n) is 3.15. The highest BCUT2D eigenvalue weighted by molar-refractivity contribution is 5.79. The Morgan fingerprint density at radius 3 is 2.81 bits per heavy atom. The molecule has 4 heteroatoms. The third-order valence-corrected chi connectivity index (χ3v) is 3.15. The Labute approximate surface area is 126 Å². The lowest BCUT2D eigenvalue weighted by molar-refractivity contribution is 0.309. The molecule has 0 radical (unpaired) electrons. The molecule has 2 aromatic rings. The van der Waals surface area contributed by atoms with Gasteiger partial charge in [-0.3, -0.25) is 4.99 Å². The predicted molar refractivity (Wildman–Crippen MR) is 86.2 cm³/mol. The molecule has 0 atom stereocenters. The minimum atomic E-state index is 0.790. The highest BCUT2D eigenvalue weighted by Crippen LogP contribution is 2.11. The smallest absolute Gasteiger partial charge is 0.119 e. The maximum Gasteiger partial charge on any atom is 0.119 e. The van der Waals surface area contributed by atoms with Crippen molar-refractivity contribution in [3.63, 3.8) is 0 Å². The first-order valence-corrected chi connectivity index (χ1v) is 7.57. The summed E-state index contributed by atoms with van der Waals surface area (Å²) in [5.41, 5.74) is 1.11. The molecule has 0 unspecified atom stereocenters. The summed E-state index contributed by atoms with van der Waals surface area (Å²) in [6.07, 6.45) is 10.8. The van der Waals surface area contributed by atoms with Gasteiger partial charge in [-0.15, -0.1) is 0 Å². The van der Waals surface area contributed by atoms with E-state index in [1.165, 1.54) is 0 Å². The first kappa shape index (κ1) is 15.3. The van der Waals surface area contributed by atoms with Gasteiger partial charge in [0.25, 0.3) is 0 Å². The summed E-state index contributed by atoms with van der Waals surface area (Å²) < 4.78 is 7.70. The van der Waals surface area contributed by atoms with E-state index in [-0.39, 0.29) is 0 Å². The number of hydrogen-bond donors (Lipinski definition) is 0. The van der Waals surface area contributed by atoms with Crippen LogP contribution in [-0.2, 0) is 6.54 Å². The van der Waals surface area contributed by atoms with Gasteiger partial charge in [0, 0.05) is 31.7 Å². The Balaban J connectivity index is 1.68. The zero-order chi connectivity index (χ0) is 14.8. The van der Waals surface area contributed by atoms with Gasteiger partial charge in [0.05, 0.1) is 12.9 Å². The molecule has 0 saturated carbocycles. The van der Waals surface area contributed by atoms with Gasteiger partial charge in [-0.2, -0.15) is 0 Å². The van der Waals surface area contributed by atoms with Crippen LogP contribution in [0.5, 0.6) is 5.75 Å². The number of aryl methyl sites for hydroxylation is 1. The van der Waals surface area contributed by atoms with Gasteiger partial charge in [0.1, 0.15) is 5.75 Å². The van der Waals surface area contributed by atoms with Crippen molar-refractivity contribution in [3.05, 3.63) is 48.5 Å².